The molecule has 5 atom stereocenters. The van der Waals surface area contributed by atoms with Gasteiger partial charge in [-0.25, -0.2) is 4.79 Å². The van der Waals surface area contributed by atoms with Crippen LogP contribution < -0.4 is 5.32 Å². The fourth-order valence-electron chi connectivity index (χ4n) is 1.92. The summed E-state index contributed by atoms with van der Waals surface area (Å²) in [6, 6.07) is -2.00. The highest BCUT2D eigenvalue weighted by Crippen LogP contribution is 2.36. The van der Waals surface area contributed by atoms with E-state index in [2.05, 4.69) is 15.5 Å². The van der Waals surface area contributed by atoms with E-state index in [1.807, 2.05) is 6.92 Å². The number of aliphatic carboxylic acids is 1. The number of carbonyl (C=O) groups is 1. The highest BCUT2D eigenvalue weighted by atomic mass is 32.2. The van der Waals surface area contributed by atoms with Crippen LogP contribution in [0.25, 0.3) is 0 Å². The molecule has 9 heteroatoms. The third-order valence-electron chi connectivity index (χ3n) is 2.76. The monoisotopic (exact) mass is 275 g/mol. The summed E-state index contributed by atoms with van der Waals surface area (Å²) in [6.07, 6.45) is -2.67. The second-order valence-electron chi connectivity index (χ2n) is 3.92. The number of aliphatic imine (C=N–C) groups is 1. The minimum atomic E-state index is -1.43. The molecule has 0 aromatic heterocycles. The number of ether oxygens (including phenoxy) is 1. The molecule has 100 valence electrons. The Morgan fingerprint density at radius 1 is 1.67 bits per heavy atom. The molecule has 0 aromatic carbocycles. The summed E-state index contributed by atoms with van der Waals surface area (Å²) in [6.45, 7) is 2.54. The molecule has 2 aliphatic heterocycles. The highest BCUT2D eigenvalue weighted by Gasteiger charge is 2.52. The number of aliphatic hydroxyl groups is 1. The maximum absolute atomic E-state index is 11.0. The maximum Gasteiger partial charge on any atom is 0.335 e. The summed E-state index contributed by atoms with van der Waals surface area (Å²) in [5, 5.41) is 25.1. The molecule has 0 bridgehead atoms. The zero-order valence-electron chi connectivity index (χ0n) is 9.52. The van der Waals surface area contributed by atoms with Crippen LogP contribution in [0.1, 0.15) is 6.92 Å². The van der Waals surface area contributed by atoms with E-state index in [0.29, 0.717) is 11.7 Å². The Morgan fingerprint density at radius 3 is 2.94 bits per heavy atom. The fraction of sp³-hybridized carbons (Fsp3) is 0.778. The number of nitroso groups, excluding NO2 is 1. The Bertz CT molecular complexity index is 390. The number of aliphatic hydroxyl groups excluding tert-OH is 1. The average molecular weight is 275 g/mol. The molecule has 2 heterocycles. The maximum atomic E-state index is 11.0. The van der Waals surface area contributed by atoms with Crippen LogP contribution in [0.2, 0.25) is 0 Å². The van der Waals surface area contributed by atoms with Crippen LogP contribution in [-0.2, 0) is 9.53 Å². The minimum Gasteiger partial charge on any atom is -0.479 e. The third kappa shape index (κ3) is 2.20. The molecule has 0 unspecified atom stereocenters. The van der Waals surface area contributed by atoms with Crippen molar-refractivity contribution in [3.8, 4) is 0 Å². The zero-order valence-corrected chi connectivity index (χ0v) is 10.3. The lowest BCUT2D eigenvalue weighted by atomic mass is 9.96. The van der Waals surface area contributed by atoms with Gasteiger partial charge in [-0.15, -0.1) is 0 Å². The second-order valence-corrected chi connectivity index (χ2v) is 5.01. The van der Waals surface area contributed by atoms with Gasteiger partial charge in [-0.2, -0.15) is 4.91 Å². The molecule has 8 nitrogen and oxygen atoms in total. The number of nitrogens with zero attached hydrogens (tertiary/aromatic N) is 2. The van der Waals surface area contributed by atoms with Crippen molar-refractivity contribution in [3.05, 3.63) is 4.91 Å². The van der Waals surface area contributed by atoms with E-state index in [0.717, 1.165) is 0 Å². The van der Waals surface area contributed by atoms with E-state index in [1.165, 1.54) is 11.8 Å². The van der Waals surface area contributed by atoms with Crippen LogP contribution in [0.4, 0.5) is 0 Å². The van der Waals surface area contributed by atoms with E-state index in [4.69, 9.17) is 9.84 Å². The summed E-state index contributed by atoms with van der Waals surface area (Å²) < 4.78 is 5.28. The Morgan fingerprint density at radius 2 is 2.39 bits per heavy atom. The predicted octanol–water partition coefficient (Wildman–Crippen LogP) is -0.627. The summed E-state index contributed by atoms with van der Waals surface area (Å²) in [7, 11) is 0. The molecular weight excluding hydrogens is 262 g/mol. The van der Waals surface area contributed by atoms with Crippen LogP contribution in [0.15, 0.2) is 10.2 Å². The average Bonchev–Trinajstić information content (AvgIpc) is 2.72. The van der Waals surface area contributed by atoms with E-state index in [9.17, 15) is 14.8 Å². The SMILES string of the molecule is CCNC1=N[C@@H]2[C@@H](O)[C@H](N=O)[C@@H](C(=O)O)O[C@@H]2S1. The molecule has 2 rings (SSSR count). The van der Waals surface area contributed by atoms with Gasteiger partial charge in [0, 0.05) is 6.54 Å². The van der Waals surface area contributed by atoms with Gasteiger partial charge in [0.15, 0.2) is 17.3 Å². The molecule has 0 aliphatic carbocycles. The van der Waals surface area contributed by atoms with E-state index < -0.39 is 35.7 Å². The first-order valence-electron chi connectivity index (χ1n) is 5.45. The van der Waals surface area contributed by atoms with Gasteiger partial charge in [0.2, 0.25) is 0 Å². The van der Waals surface area contributed by atoms with Gasteiger partial charge in [-0.05, 0) is 6.92 Å². The van der Waals surface area contributed by atoms with Gasteiger partial charge in [-0.3, -0.25) is 4.99 Å². The van der Waals surface area contributed by atoms with Crippen LogP contribution in [-0.4, -0.2) is 57.6 Å². The number of nitrogens with one attached hydrogen (secondary N) is 1. The summed E-state index contributed by atoms with van der Waals surface area (Å²) in [4.78, 5) is 25.8. The van der Waals surface area contributed by atoms with Gasteiger partial charge >= 0.3 is 5.97 Å². The van der Waals surface area contributed by atoms with Crippen LogP contribution in [0.5, 0.6) is 0 Å². The van der Waals surface area contributed by atoms with E-state index in [-0.39, 0.29) is 0 Å². The second kappa shape index (κ2) is 5.21. The normalized spacial score (nSPS) is 38.8. The number of carboxylic acids is 1. The fourth-order valence-corrected chi connectivity index (χ4v) is 3.09. The summed E-state index contributed by atoms with van der Waals surface area (Å²) >= 11 is 1.21. The minimum absolute atomic E-state index is 0.572. The molecule has 1 fully saturated rings. The number of hydrogen-bond acceptors (Lipinski definition) is 8. The third-order valence-corrected chi connectivity index (χ3v) is 3.85. The molecule has 1 saturated heterocycles. The molecule has 0 saturated carbocycles. The van der Waals surface area contributed by atoms with Gasteiger partial charge in [0.1, 0.15) is 17.6 Å². The highest BCUT2D eigenvalue weighted by molar-refractivity contribution is 8.14. The van der Waals surface area contributed by atoms with Crippen LogP contribution in [0.3, 0.4) is 0 Å². The summed E-state index contributed by atoms with van der Waals surface area (Å²) in [5.74, 6) is -1.31. The van der Waals surface area contributed by atoms with Crippen molar-refractivity contribution < 1.29 is 19.7 Å². The Hall–Kier alpha value is -1.19. The molecule has 0 spiro atoms. The first kappa shape index (κ1) is 13.2. The van der Waals surface area contributed by atoms with Crippen molar-refractivity contribution in [1.29, 1.82) is 0 Å². The largest absolute Gasteiger partial charge is 0.479 e. The van der Waals surface area contributed by atoms with E-state index in [1.54, 1.807) is 0 Å². The lowest BCUT2D eigenvalue weighted by Crippen LogP contribution is -2.56. The molecule has 18 heavy (non-hydrogen) atoms. The standard InChI is InChI=1S/C9H13N3O5S/c1-2-10-9-11-4-5(13)3(12-16)6(7(14)15)17-8(4)18-9/h3-6,8,13H,2H2,1H3,(H,10,11)(H,14,15)/t3-,4+,5-,6-,8+/m0/s1. The number of amidine groups is 1. The van der Waals surface area contributed by atoms with Gasteiger partial charge in [0.25, 0.3) is 0 Å². The van der Waals surface area contributed by atoms with Crippen molar-refractivity contribution in [2.24, 2.45) is 10.2 Å². The first-order chi connectivity index (χ1) is 8.58. The van der Waals surface area contributed by atoms with E-state index >= 15 is 0 Å². The molecule has 0 amide bonds. The molecule has 3 N–H and O–H groups in total. The Balaban J connectivity index is 2.18. The Kier molecular flexibility index (Phi) is 3.83. The molecular formula is C9H13N3O5S. The lowest BCUT2D eigenvalue weighted by molar-refractivity contribution is -0.163. The number of hydrogen-bond donors (Lipinski definition) is 3. The predicted molar refractivity (Wildman–Crippen MR) is 64.4 cm³/mol. The van der Waals surface area contributed by atoms with Crippen molar-refractivity contribution in [2.75, 3.05) is 6.54 Å². The van der Waals surface area contributed by atoms with Crippen molar-refractivity contribution >= 4 is 22.9 Å². The number of rotatable bonds is 3. The summed E-state index contributed by atoms with van der Waals surface area (Å²) in [5.41, 5.74) is -0.604. The number of carboxylic acid groups (broad SMARTS) is 1. The van der Waals surface area contributed by atoms with Crippen LogP contribution >= 0.6 is 11.8 Å². The Labute approximate surface area is 107 Å². The lowest BCUT2D eigenvalue weighted by Gasteiger charge is -2.35. The zero-order chi connectivity index (χ0) is 13.3. The van der Waals surface area contributed by atoms with Crippen LogP contribution in [0, 0.1) is 4.91 Å². The topological polar surface area (TPSA) is 121 Å². The number of thioether (sulfide) groups is 1. The van der Waals surface area contributed by atoms with Gasteiger partial charge in [-0.1, -0.05) is 16.9 Å². The van der Waals surface area contributed by atoms with Gasteiger partial charge in [0.05, 0.1) is 0 Å². The van der Waals surface area contributed by atoms with Crippen molar-refractivity contribution in [2.45, 2.75) is 36.7 Å². The molecule has 0 radical (unpaired) electrons. The van der Waals surface area contributed by atoms with Crippen molar-refractivity contribution in [1.82, 2.24) is 5.32 Å². The number of fused-ring (bicyclic) bond motifs is 1. The van der Waals surface area contributed by atoms with Crippen molar-refractivity contribution in [3.63, 3.8) is 0 Å². The molecule has 2 aliphatic rings. The molecule has 0 aromatic rings. The first-order valence-corrected chi connectivity index (χ1v) is 6.33. The quantitative estimate of drug-likeness (QED) is 0.586. The van der Waals surface area contributed by atoms with Gasteiger partial charge < -0.3 is 20.3 Å². The smallest absolute Gasteiger partial charge is 0.335 e.